The summed E-state index contributed by atoms with van der Waals surface area (Å²) in [6.07, 6.45) is -10.2. The fourth-order valence-electron chi connectivity index (χ4n) is 1.01. The molecule has 18 heavy (non-hydrogen) atoms. The van der Waals surface area contributed by atoms with E-state index < -0.39 is 23.6 Å². The van der Waals surface area contributed by atoms with E-state index in [1.54, 1.807) is 0 Å². The third kappa shape index (κ3) is 3.05. The number of hydrogen-bond acceptors (Lipinski definition) is 1. The zero-order valence-corrected chi connectivity index (χ0v) is 9.16. The topological polar surface area (TPSA) is 26.0 Å². The molecule has 0 radical (unpaired) electrons. The van der Waals surface area contributed by atoms with Crippen LogP contribution < -0.4 is 5.73 Å². The van der Waals surface area contributed by atoms with Gasteiger partial charge in [0.2, 0.25) is 0 Å². The maximum Gasteiger partial charge on any atom is 0.435 e. The maximum absolute atomic E-state index is 13.3. The van der Waals surface area contributed by atoms with E-state index >= 15 is 0 Å². The highest BCUT2D eigenvalue weighted by Gasteiger charge is 2.73. The Hall–Kier alpha value is -1.47. The van der Waals surface area contributed by atoms with Crippen molar-refractivity contribution in [3.8, 4) is 0 Å². The van der Waals surface area contributed by atoms with Crippen molar-refractivity contribution in [2.75, 3.05) is 0 Å². The maximum atomic E-state index is 13.3. The molecular weight excluding hydrogens is 267 g/mol. The molecule has 0 spiro atoms. The lowest BCUT2D eigenvalue weighted by Crippen LogP contribution is -2.54. The summed E-state index contributed by atoms with van der Waals surface area (Å²) in [5.74, 6) is 0. The van der Waals surface area contributed by atoms with Crippen LogP contribution in [0.25, 0.3) is 0 Å². The van der Waals surface area contributed by atoms with E-state index in [1.165, 1.54) is 0 Å². The lowest BCUT2D eigenvalue weighted by molar-refractivity contribution is -0.326. The average molecular weight is 277 g/mol. The summed E-state index contributed by atoms with van der Waals surface area (Å²) in [6.45, 7) is 3.52. The average Bonchev–Trinajstić information content (AvgIpc) is 2.20. The van der Waals surface area contributed by atoms with Crippen LogP contribution in [-0.2, 0) is 0 Å². The van der Waals surface area contributed by atoms with Crippen molar-refractivity contribution in [3.05, 3.63) is 36.1 Å². The smallest absolute Gasteiger partial charge is 0.399 e. The first-order chi connectivity index (χ1) is 7.88. The predicted octanol–water partition coefficient (Wildman–Crippen LogP) is 3.79. The zero-order valence-electron chi connectivity index (χ0n) is 9.16. The van der Waals surface area contributed by atoms with Gasteiger partial charge in [-0.2, -0.15) is 26.3 Å². The van der Waals surface area contributed by atoms with Crippen LogP contribution in [0.15, 0.2) is 36.1 Å². The normalized spacial score (nSPS) is 15.8. The van der Waals surface area contributed by atoms with Crippen LogP contribution in [0.2, 0.25) is 0 Å². The third-order valence-electron chi connectivity index (χ3n) is 2.09. The molecule has 2 N–H and O–H groups in total. The number of halogens is 7. The lowest BCUT2D eigenvalue weighted by atomic mass is 9.95. The lowest BCUT2D eigenvalue weighted by Gasteiger charge is -2.30. The zero-order chi connectivity index (χ0) is 14.8. The first-order valence-corrected chi connectivity index (χ1v) is 4.47. The molecule has 0 aliphatic heterocycles. The molecule has 1 nitrogen and oxygen atoms in total. The molecule has 0 aliphatic carbocycles. The molecule has 0 aromatic heterocycles. The summed E-state index contributed by atoms with van der Waals surface area (Å²) in [6, 6.07) is 0. The Bertz CT molecular complexity index is 359. The number of rotatable bonds is 3. The molecule has 0 bridgehead atoms. The van der Waals surface area contributed by atoms with E-state index in [1.807, 2.05) is 0 Å². The molecule has 8 heteroatoms. The first-order valence-electron chi connectivity index (χ1n) is 4.47. The second-order valence-corrected chi connectivity index (χ2v) is 3.37. The van der Waals surface area contributed by atoms with Crippen molar-refractivity contribution in [1.82, 2.24) is 0 Å². The van der Waals surface area contributed by atoms with Gasteiger partial charge >= 0.3 is 18.0 Å². The largest absolute Gasteiger partial charge is 0.435 e. The van der Waals surface area contributed by atoms with Crippen molar-refractivity contribution in [1.29, 1.82) is 0 Å². The van der Waals surface area contributed by atoms with Crippen molar-refractivity contribution in [2.24, 2.45) is 5.73 Å². The Morgan fingerprint density at radius 2 is 1.33 bits per heavy atom. The van der Waals surface area contributed by atoms with Gasteiger partial charge in [-0.25, -0.2) is 4.39 Å². The van der Waals surface area contributed by atoms with Gasteiger partial charge in [0.25, 0.3) is 0 Å². The first kappa shape index (κ1) is 16.5. The number of hydrogen-bond donors (Lipinski definition) is 1. The highest BCUT2D eigenvalue weighted by Crippen LogP contribution is 2.50. The molecule has 0 rings (SSSR count). The highest BCUT2D eigenvalue weighted by atomic mass is 19.4. The summed E-state index contributed by atoms with van der Waals surface area (Å²) in [5, 5.41) is 0. The summed E-state index contributed by atoms with van der Waals surface area (Å²) in [5.41, 5.74) is -2.06. The quantitative estimate of drug-likeness (QED) is 0.616. The fraction of sp³-hybridized carbons (Fsp3) is 0.400. The molecule has 104 valence electrons. The predicted molar refractivity (Wildman–Crippen MR) is 52.2 cm³/mol. The molecule has 0 saturated heterocycles. The van der Waals surface area contributed by atoms with E-state index in [4.69, 9.17) is 5.73 Å². The van der Waals surface area contributed by atoms with Crippen molar-refractivity contribution in [2.45, 2.75) is 24.9 Å². The Morgan fingerprint density at radius 3 is 1.61 bits per heavy atom. The minimum Gasteiger partial charge on any atom is -0.399 e. The second-order valence-electron chi connectivity index (χ2n) is 3.37. The summed E-state index contributed by atoms with van der Waals surface area (Å²) in [4.78, 5) is 0. The summed E-state index contributed by atoms with van der Waals surface area (Å²) in [7, 11) is 0. The van der Waals surface area contributed by atoms with Gasteiger partial charge in [-0.05, 0) is 24.6 Å². The van der Waals surface area contributed by atoms with Gasteiger partial charge in [0.15, 0.2) is 0 Å². The number of alkyl halides is 7. The van der Waals surface area contributed by atoms with E-state index in [-0.39, 0.29) is 5.70 Å². The van der Waals surface area contributed by atoms with Crippen LogP contribution in [0.3, 0.4) is 0 Å². The standard InChI is InChI=1S/C10H10F7N/c1-3-7(18)5-4-6(2)8(11,9(12,13)14)10(15,16)17/h3-5H,1,18H2,2H3/b6-4+,7-5+. The van der Waals surface area contributed by atoms with Crippen LogP contribution in [0.5, 0.6) is 0 Å². The molecule has 0 fully saturated rings. The molecule has 0 aromatic carbocycles. The van der Waals surface area contributed by atoms with E-state index in [9.17, 15) is 30.7 Å². The molecule has 0 atom stereocenters. The minimum atomic E-state index is -6.11. The van der Waals surface area contributed by atoms with Gasteiger partial charge in [0.1, 0.15) is 0 Å². The number of allylic oxidation sites excluding steroid dienone is 4. The monoisotopic (exact) mass is 277 g/mol. The molecule has 0 aromatic rings. The minimum absolute atomic E-state index is 0.193. The van der Waals surface area contributed by atoms with Gasteiger partial charge in [0.05, 0.1) is 0 Å². The van der Waals surface area contributed by atoms with E-state index in [0.717, 1.165) is 6.08 Å². The van der Waals surface area contributed by atoms with Crippen LogP contribution in [0.4, 0.5) is 30.7 Å². The molecule has 0 amide bonds. The molecule has 0 saturated carbocycles. The van der Waals surface area contributed by atoms with Crippen molar-refractivity contribution >= 4 is 0 Å². The Morgan fingerprint density at radius 1 is 0.944 bits per heavy atom. The SMILES string of the molecule is C=C/C(N)=C\C=C(/C)C(F)(C(F)(F)F)C(F)(F)F. The summed E-state index contributed by atoms with van der Waals surface area (Å²) >= 11 is 0. The Kier molecular flexibility index (Phi) is 4.62. The van der Waals surface area contributed by atoms with Crippen LogP contribution in [-0.4, -0.2) is 18.0 Å². The number of nitrogens with two attached hydrogens (primary N) is 1. The van der Waals surface area contributed by atoms with E-state index in [2.05, 4.69) is 6.58 Å². The van der Waals surface area contributed by atoms with Gasteiger partial charge in [-0.1, -0.05) is 12.7 Å². The highest BCUT2D eigenvalue weighted by molar-refractivity contribution is 5.29. The molecule has 0 aliphatic rings. The van der Waals surface area contributed by atoms with Gasteiger partial charge in [-0.3, -0.25) is 0 Å². The van der Waals surface area contributed by atoms with Gasteiger partial charge in [-0.15, -0.1) is 0 Å². The second kappa shape index (κ2) is 5.03. The summed E-state index contributed by atoms with van der Waals surface area (Å²) < 4.78 is 86.8. The Labute approximate surface area is 98.5 Å². The van der Waals surface area contributed by atoms with Crippen LogP contribution in [0.1, 0.15) is 6.92 Å². The van der Waals surface area contributed by atoms with Crippen molar-refractivity contribution < 1.29 is 30.7 Å². The van der Waals surface area contributed by atoms with Crippen LogP contribution >= 0.6 is 0 Å². The molecule has 0 unspecified atom stereocenters. The van der Waals surface area contributed by atoms with Crippen molar-refractivity contribution in [3.63, 3.8) is 0 Å². The third-order valence-corrected chi connectivity index (χ3v) is 2.09. The van der Waals surface area contributed by atoms with Gasteiger partial charge in [0, 0.05) is 5.70 Å². The molecule has 0 heterocycles. The molecular formula is C10H10F7N. The van der Waals surface area contributed by atoms with E-state index in [0.29, 0.717) is 19.1 Å². The Balaban J connectivity index is 5.73. The van der Waals surface area contributed by atoms with Gasteiger partial charge < -0.3 is 5.73 Å². The fourth-order valence-corrected chi connectivity index (χ4v) is 1.01. The van der Waals surface area contributed by atoms with Crippen LogP contribution in [0, 0.1) is 0 Å².